The van der Waals surface area contributed by atoms with E-state index < -0.39 is 0 Å². The Labute approximate surface area is 72.6 Å². The minimum atomic E-state index is 0.549. The molecule has 0 radical (unpaired) electrons. The largest absolute Gasteiger partial charge is 0.237 e. The molecule has 0 saturated heterocycles. The molecule has 0 aliphatic heterocycles. The summed E-state index contributed by atoms with van der Waals surface area (Å²) in [5.41, 5.74) is 0.549. The summed E-state index contributed by atoms with van der Waals surface area (Å²) >= 11 is 8.85. The summed E-state index contributed by atoms with van der Waals surface area (Å²) in [6.07, 6.45) is 0. The van der Waals surface area contributed by atoms with Crippen LogP contribution in [0.1, 0.15) is 0 Å². The first-order valence-electron chi connectivity index (χ1n) is 2.56. The average Bonchev–Trinajstić information content (AvgIpc) is 1.94. The zero-order valence-corrected chi connectivity index (χ0v) is 7.28. The summed E-state index contributed by atoms with van der Waals surface area (Å²) in [6.45, 7) is 6.72. The molecule has 0 amide bonds. The molecule has 0 spiro atoms. The number of nitrogens with zero attached hydrogens (tertiary/aromatic N) is 1. The molecule has 0 fully saturated rings. The van der Waals surface area contributed by atoms with E-state index in [-0.39, 0.29) is 0 Å². The zero-order chi connectivity index (χ0) is 7.56. The molecule has 0 bridgehead atoms. The van der Waals surface area contributed by atoms with Gasteiger partial charge in [-0.15, -0.1) is 0 Å². The lowest BCUT2D eigenvalue weighted by atomic mass is 10.3. The summed E-state index contributed by atoms with van der Waals surface area (Å²) in [7, 11) is 0. The lowest BCUT2D eigenvalue weighted by molar-refractivity contribution is 1.66. The molecule has 0 heterocycles. The smallest absolute Gasteiger partial charge is 0.202 e. The first-order chi connectivity index (χ1) is 4.74. The molecule has 1 aromatic carbocycles. The molecule has 50 valence electrons. The molecule has 1 rings (SSSR count). The van der Waals surface area contributed by atoms with E-state index in [0.29, 0.717) is 10.7 Å². The predicted octanol–water partition coefficient (Wildman–Crippen LogP) is 3.65. The average molecular weight is 216 g/mol. The highest BCUT2D eigenvalue weighted by Crippen LogP contribution is 2.27. The van der Waals surface area contributed by atoms with Gasteiger partial charge in [0.05, 0.1) is 6.57 Å². The molecule has 10 heavy (non-hydrogen) atoms. The van der Waals surface area contributed by atoms with Crippen molar-refractivity contribution in [1.29, 1.82) is 0 Å². The Hall–Kier alpha value is -0.520. The Balaban J connectivity index is 3.25. The summed E-state index contributed by atoms with van der Waals surface area (Å²) < 4.78 is 0.784. The Kier molecular flexibility index (Phi) is 2.31. The number of hydrogen-bond acceptors (Lipinski definition) is 0. The van der Waals surface area contributed by atoms with Gasteiger partial charge in [-0.2, -0.15) is 0 Å². The maximum Gasteiger partial charge on any atom is 0.202 e. The van der Waals surface area contributed by atoms with Crippen LogP contribution in [0.3, 0.4) is 0 Å². The molecular weight excluding hydrogens is 213 g/mol. The third-order valence-electron chi connectivity index (χ3n) is 1.03. The Bertz CT molecular complexity index is 290. The summed E-state index contributed by atoms with van der Waals surface area (Å²) in [6, 6.07) is 5.12. The lowest BCUT2D eigenvalue weighted by Gasteiger charge is -1.93. The lowest BCUT2D eigenvalue weighted by Crippen LogP contribution is -1.65. The molecule has 0 aromatic heterocycles. The summed E-state index contributed by atoms with van der Waals surface area (Å²) in [5, 5.41) is 0.592. The van der Waals surface area contributed by atoms with Gasteiger partial charge in [-0.3, -0.25) is 0 Å². The van der Waals surface area contributed by atoms with E-state index >= 15 is 0 Å². The van der Waals surface area contributed by atoms with E-state index in [1.807, 2.05) is 0 Å². The number of hydrogen-bond donors (Lipinski definition) is 0. The van der Waals surface area contributed by atoms with Gasteiger partial charge < -0.3 is 0 Å². The van der Waals surface area contributed by atoms with Gasteiger partial charge in [0.2, 0.25) is 5.69 Å². The van der Waals surface area contributed by atoms with Crippen molar-refractivity contribution in [3.8, 4) is 0 Å². The van der Waals surface area contributed by atoms with Crippen molar-refractivity contribution in [1.82, 2.24) is 0 Å². The standard InChI is InChI=1S/C7H3BrClN/c1-10-7-4-5(9)2-3-6(7)8/h2-4H. The van der Waals surface area contributed by atoms with Gasteiger partial charge in [-0.05, 0) is 12.1 Å². The van der Waals surface area contributed by atoms with E-state index in [4.69, 9.17) is 18.2 Å². The zero-order valence-electron chi connectivity index (χ0n) is 4.94. The second-order valence-electron chi connectivity index (χ2n) is 1.71. The van der Waals surface area contributed by atoms with Crippen molar-refractivity contribution in [2.45, 2.75) is 0 Å². The molecular formula is C7H3BrClN. The van der Waals surface area contributed by atoms with Gasteiger partial charge in [0.25, 0.3) is 0 Å². The third kappa shape index (κ3) is 1.50. The first-order valence-corrected chi connectivity index (χ1v) is 3.73. The fourth-order valence-corrected chi connectivity index (χ4v) is 1.07. The number of benzene rings is 1. The van der Waals surface area contributed by atoms with Crippen molar-refractivity contribution in [3.63, 3.8) is 0 Å². The molecule has 0 atom stereocenters. The van der Waals surface area contributed by atoms with E-state index in [0.717, 1.165) is 4.47 Å². The highest BCUT2D eigenvalue weighted by atomic mass is 79.9. The molecule has 0 saturated carbocycles. The van der Waals surface area contributed by atoms with Crippen LogP contribution < -0.4 is 0 Å². The molecule has 0 unspecified atom stereocenters. The first kappa shape index (κ1) is 7.59. The van der Waals surface area contributed by atoms with Crippen molar-refractivity contribution in [3.05, 3.63) is 39.1 Å². The van der Waals surface area contributed by atoms with E-state index in [9.17, 15) is 0 Å². The molecule has 1 nitrogen and oxygen atoms in total. The van der Waals surface area contributed by atoms with Crippen molar-refractivity contribution in [2.24, 2.45) is 0 Å². The summed E-state index contributed by atoms with van der Waals surface area (Å²) in [4.78, 5) is 3.25. The summed E-state index contributed by atoms with van der Waals surface area (Å²) in [5.74, 6) is 0. The molecule has 0 aliphatic rings. The maximum atomic E-state index is 6.72. The van der Waals surface area contributed by atoms with Gasteiger partial charge in [0.1, 0.15) is 0 Å². The fourth-order valence-electron chi connectivity index (χ4n) is 0.571. The van der Waals surface area contributed by atoms with Crippen LogP contribution in [0, 0.1) is 6.57 Å². The second kappa shape index (κ2) is 3.05. The van der Waals surface area contributed by atoms with E-state index in [1.54, 1.807) is 18.2 Å². The molecule has 0 aliphatic carbocycles. The highest BCUT2D eigenvalue weighted by Gasteiger charge is 1.97. The molecule has 1 aromatic rings. The number of halogens is 2. The van der Waals surface area contributed by atoms with E-state index in [1.165, 1.54) is 0 Å². The Morgan fingerprint density at radius 3 is 2.70 bits per heavy atom. The van der Waals surface area contributed by atoms with Crippen LogP contribution in [-0.4, -0.2) is 0 Å². The SMILES string of the molecule is [C-]#[N+]c1cc(Cl)ccc1Br. The molecule has 0 N–H and O–H groups in total. The van der Waals surface area contributed by atoms with Crippen molar-refractivity contribution in [2.75, 3.05) is 0 Å². The van der Waals surface area contributed by atoms with Crippen LogP contribution in [-0.2, 0) is 0 Å². The van der Waals surface area contributed by atoms with Crippen LogP contribution >= 0.6 is 27.5 Å². The minimum Gasteiger partial charge on any atom is -0.237 e. The number of rotatable bonds is 0. The van der Waals surface area contributed by atoms with Gasteiger partial charge in [-0.25, -0.2) is 4.85 Å². The Morgan fingerprint density at radius 1 is 1.50 bits per heavy atom. The normalized spacial score (nSPS) is 8.90. The predicted molar refractivity (Wildman–Crippen MR) is 45.4 cm³/mol. The highest BCUT2D eigenvalue weighted by molar-refractivity contribution is 9.10. The maximum absolute atomic E-state index is 6.72. The quantitative estimate of drug-likeness (QED) is 0.583. The van der Waals surface area contributed by atoms with Crippen molar-refractivity contribution >= 4 is 33.2 Å². The topological polar surface area (TPSA) is 4.36 Å². The minimum absolute atomic E-state index is 0.549. The van der Waals surface area contributed by atoms with Crippen LogP contribution in [0.15, 0.2) is 22.7 Å². The van der Waals surface area contributed by atoms with Crippen LogP contribution in [0.2, 0.25) is 5.02 Å². The van der Waals surface area contributed by atoms with Gasteiger partial charge in [0, 0.05) is 9.50 Å². The fraction of sp³-hybridized carbons (Fsp3) is 0. The van der Waals surface area contributed by atoms with Crippen LogP contribution in [0.4, 0.5) is 5.69 Å². The molecule has 3 heteroatoms. The van der Waals surface area contributed by atoms with Gasteiger partial charge in [-0.1, -0.05) is 33.6 Å². The monoisotopic (exact) mass is 215 g/mol. The van der Waals surface area contributed by atoms with E-state index in [2.05, 4.69) is 20.8 Å². The second-order valence-corrected chi connectivity index (χ2v) is 3.00. The van der Waals surface area contributed by atoms with Crippen LogP contribution in [0.5, 0.6) is 0 Å². The Morgan fingerprint density at radius 2 is 2.20 bits per heavy atom. The van der Waals surface area contributed by atoms with Crippen molar-refractivity contribution < 1.29 is 0 Å². The third-order valence-corrected chi connectivity index (χ3v) is 1.93. The van der Waals surface area contributed by atoms with Gasteiger partial charge >= 0.3 is 0 Å². The van der Waals surface area contributed by atoms with Crippen LogP contribution in [0.25, 0.3) is 4.85 Å². The van der Waals surface area contributed by atoms with Gasteiger partial charge in [0.15, 0.2) is 0 Å².